The molecule has 0 bridgehead atoms. The summed E-state index contributed by atoms with van der Waals surface area (Å²) in [6, 6.07) is 5.71. The number of benzene rings is 1. The molecule has 0 fully saturated rings. The van der Waals surface area contributed by atoms with E-state index < -0.39 is 11.9 Å². The summed E-state index contributed by atoms with van der Waals surface area (Å²) in [5.41, 5.74) is 0.688. The van der Waals surface area contributed by atoms with Gasteiger partial charge in [0.1, 0.15) is 5.82 Å². The molecule has 1 unspecified atom stereocenters. The van der Waals surface area contributed by atoms with E-state index in [1.165, 1.54) is 24.1 Å². The Morgan fingerprint density at radius 2 is 1.92 bits per heavy atom. The maximum atomic E-state index is 12.9. The molecule has 1 aromatic carbocycles. The van der Waals surface area contributed by atoms with Crippen LogP contribution < -0.4 is 0 Å². The van der Waals surface area contributed by atoms with Crippen LogP contribution in [-0.2, 0) is 25.5 Å². The minimum absolute atomic E-state index is 0.0951. The van der Waals surface area contributed by atoms with Gasteiger partial charge < -0.3 is 19.5 Å². The molecule has 1 N–H and O–H groups in total. The van der Waals surface area contributed by atoms with Gasteiger partial charge in [-0.2, -0.15) is 0 Å². The number of hydrogen-bond donors (Lipinski definition) is 1. The monoisotopic (exact) mass is 341 g/mol. The third-order valence-electron chi connectivity index (χ3n) is 3.46. The maximum absolute atomic E-state index is 12.9. The van der Waals surface area contributed by atoms with E-state index in [4.69, 9.17) is 9.84 Å². The SMILES string of the molecule is COC(=O)C(C)CN(CCOCCO)C(=O)Cc1ccc(F)cc1. The number of aliphatic hydroxyl groups excluding tert-OH is 1. The van der Waals surface area contributed by atoms with Gasteiger partial charge in [0, 0.05) is 13.1 Å². The second kappa shape index (κ2) is 10.7. The molecule has 0 aliphatic rings. The molecule has 0 saturated carbocycles. The third kappa shape index (κ3) is 7.06. The molecule has 1 amide bonds. The molecule has 0 aliphatic carbocycles. The van der Waals surface area contributed by atoms with Crippen molar-refractivity contribution in [3.05, 3.63) is 35.6 Å². The van der Waals surface area contributed by atoms with Crippen LogP contribution in [0.3, 0.4) is 0 Å². The average Bonchev–Trinajstić information content (AvgIpc) is 2.58. The summed E-state index contributed by atoms with van der Waals surface area (Å²) in [5, 5.41) is 8.71. The molecular weight excluding hydrogens is 317 g/mol. The molecule has 6 nitrogen and oxygen atoms in total. The number of carbonyl (C=O) groups excluding carboxylic acids is 2. The normalized spacial score (nSPS) is 11.8. The fourth-order valence-electron chi connectivity index (χ4n) is 2.15. The number of nitrogens with zero attached hydrogens (tertiary/aromatic N) is 1. The average molecular weight is 341 g/mol. The van der Waals surface area contributed by atoms with E-state index >= 15 is 0 Å². The van der Waals surface area contributed by atoms with Crippen LogP contribution in [-0.4, -0.2) is 61.9 Å². The Hall–Kier alpha value is -1.99. The Labute approximate surface area is 141 Å². The first-order valence-corrected chi connectivity index (χ1v) is 7.76. The Kier molecular flexibility index (Phi) is 8.96. The minimum Gasteiger partial charge on any atom is -0.469 e. The summed E-state index contributed by atoms with van der Waals surface area (Å²) in [5.74, 6) is -1.42. The summed E-state index contributed by atoms with van der Waals surface area (Å²) < 4.78 is 22.8. The standard InChI is InChI=1S/C17H24FNO5/c1-13(17(22)23-2)12-19(7-9-24-10-8-20)16(21)11-14-3-5-15(18)6-4-14/h3-6,13,20H,7-12H2,1-2H3. The quantitative estimate of drug-likeness (QED) is 0.508. The lowest BCUT2D eigenvalue weighted by atomic mass is 10.1. The fraction of sp³-hybridized carbons (Fsp3) is 0.529. The van der Waals surface area contributed by atoms with Crippen molar-refractivity contribution in [2.45, 2.75) is 13.3 Å². The van der Waals surface area contributed by atoms with Gasteiger partial charge in [-0.1, -0.05) is 19.1 Å². The lowest BCUT2D eigenvalue weighted by molar-refractivity contribution is -0.146. The molecule has 7 heteroatoms. The van der Waals surface area contributed by atoms with Crippen LogP contribution in [0.1, 0.15) is 12.5 Å². The van der Waals surface area contributed by atoms with Gasteiger partial charge in [0.25, 0.3) is 0 Å². The van der Waals surface area contributed by atoms with E-state index in [2.05, 4.69) is 4.74 Å². The number of ether oxygens (including phenoxy) is 2. The first-order chi connectivity index (χ1) is 11.5. The fourth-order valence-corrected chi connectivity index (χ4v) is 2.15. The zero-order valence-electron chi connectivity index (χ0n) is 14.0. The number of rotatable bonds is 10. The van der Waals surface area contributed by atoms with E-state index in [9.17, 15) is 14.0 Å². The Morgan fingerprint density at radius 1 is 1.25 bits per heavy atom. The maximum Gasteiger partial charge on any atom is 0.310 e. The van der Waals surface area contributed by atoms with Crippen LogP contribution in [0.4, 0.5) is 4.39 Å². The van der Waals surface area contributed by atoms with Crippen molar-refractivity contribution in [2.24, 2.45) is 5.92 Å². The van der Waals surface area contributed by atoms with E-state index in [1.807, 2.05) is 0 Å². The van der Waals surface area contributed by atoms with Crippen molar-refractivity contribution in [3.8, 4) is 0 Å². The van der Waals surface area contributed by atoms with Crippen LogP contribution in [0.15, 0.2) is 24.3 Å². The number of halogens is 1. The molecule has 0 radical (unpaired) electrons. The van der Waals surface area contributed by atoms with Crippen LogP contribution >= 0.6 is 0 Å². The first-order valence-electron chi connectivity index (χ1n) is 7.76. The zero-order valence-corrected chi connectivity index (χ0v) is 14.0. The number of hydrogen-bond acceptors (Lipinski definition) is 5. The summed E-state index contributed by atoms with van der Waals surface area (Å²) in [6.07, 6.45) is 0.105. The van der Waals surface area contributed by atoms with Gasteiger partial charge in [-0.15, -0.1) is 0 Å². The molecule has 0 saturated heterocycles. The van der Waals surface area contributed by atoms with Gasteiger partial charge in [-0.3, -0.25) is 9.59 Å². The third-order valence-corrected chi connectivity index (χ3v) is 3.46. The topological polar surface area (TPSA) is 76.1 Å². The van der Waals surface area contributed by atoms with Gasteiger partial charge in [0.05, 0.1) is 39.3 Å². The second-order valence-corrected chi connectivity index (χ2v) is 5.40. The Bertz CT molecular complexity index is 520. The van der Waals surface area contributed by atoms with Crippen molar-refractivity contribution >= 4 is 11.9 Å². The van der Waals surface area contributed by atoms with Gasteiger partial charge >= 0.3 is 5.97 Å². The lowest BCUT2D eigenvalue weighted by Crippen LogP contribution is -2.40. The summed E-state index contributed by atoms with van der Waals surface area (Å²) in [6.45, 7) is 2.52. The van der Waals surface area contributed by atoms with Gasteiger partial charge in [-0.05, 0) is 17.7 Å². The van der Waals surface area contributed by atoms with Crippen molar-refractivity contribution in [2.75, 3.05) is 40.0 Å². The molecule has 24 heavy (non-hydrogen) atoms. The van der Waals surface area contributed by atoms with E-state index in [0.717, 1.165) is 0 Å². The highest BCUT2D eigenvalue weighted by atomic mass is 19.1. The van der Waals surface area contributed by atoms with E-state index in [1.54, 1.807) is 19.1 Å². The molecule has 0 aliphatic heterocycles. The molecule has 1 atom stereocenters. The highest BCUT2D eigenvalue weighted by Crippen LogP contribution is 2.08. The summed E-state index contributed by atoms with van der Waals surface area (Å²) in [4.78, 5) is 25.6. The second-order valence-electron chi connectivity index (χ2n) is 5.40. The minimum atomic E-state index is -0.468. The van der Waals surface area contributed by atoms with E-state index in [0.29, 0.717) is 12.1 Å². The van der Waals surface area contributed by atoms with Crippen molar-refractivity contribution in [1.29, 1.82) is 0 Å². The first kappa shape index (κ1) is 20.1. The summed E-state index contributed by atoms with van der Waals surface area (Å²) >= 11 is 0. The van der Waals surface area contributed by atoms with Crippen molar-refractivity contribution in [1.82, 2.24) is 4.90 Å². The highest BCUT2D eigenvalue weighted by molar-refractivity contribution is 5.80. The Morgan fingerprint density at radius 3 is 2.50 bits per heavy atom. The number of methoxy groups -OCH3 is 1. The predicted molar refractivity (Wildman–Crippen MR) is 85.8 cm³/mol. The number of amides is 1. The number of aliphatic hydroxyl groups is 1. The van der Waals surface area contributed by atoms with Gasteiger partial charge in [-0.25, -0.2) is 4.39 Å². The largest absolute Gasteiger partial charge is 0.469 e. The molecule has 134 valence electrons. The molecule has 0 heterocycles. The van der Waals surface area contributed by atoms with Crippen LogP contribution in [0, 0.1) is 11.7 Å². The van der Waals surface area contributed by atoms with Crippen molar-refractivity contribution in [3.63, 3.8) is 0 Å². The number of esters is 1. The zero-order chi connectivity index (χ0) is 17.9. The molecule has 0 aromatic heterocycles. The van der Waals surface area contributed by atoms with Crippen LogP contribution in [0.2, 0.25) is 0 Å². The van der Waals surface area contributed by atoms with Gasteiger partial charge in [0.2, 0.25) is 5.91 Å². The van der Waals surface area contributed by atoms with Crippen LogP contribution in [0.5, 0.6) is 0 Å². The smallest absolute Gasteiger partial charge is 0.310 e. The number of carbonyl (C=O) groups is 2. The van der Waals surface area contributed by atoms with E-state index in [-0.39, 0.29) is 44.5 Å². The molecule has 0 spiro atoms. The van der Waals surface area contributed by atoms with Crippen molar-refractivity contribution < 1.29 is 28.6 Å². The predicted octanol–water partition coefficient (Wildman–Crippen LogP) is 1.01. The lowest BCUT2D eigenvalue weighted by Gasteiger charge is -2.25. The molecule has 1 aromatic rings. The molecular formula is C17H24FNO5. The van der Waals surface area contributed by atoms with Gasteiger partial charge in [0.15, 0.2) is 0 Å². The summed E-state index contributed by atoms with van der Waals surface area (Å²) in [7, 11) is 1.30. The molecule has 1 rings (SSSR count). The highest BCUT2D eigenvalue weighted by Gasteiger charge is 2.21. The van der Waals surface area contributed by atoms with Crippen LogP contribution in [0.25, 0.3) is 0 Å². The Balaban J connectivity index is 2.68.